The molecule has 2 rings (SSSR count). The molecule has 0 bridgehead atoms. The highest BCUT2D eigenvalue weighted by atomic mass is 32.2. The number of nitro benzene ring substituents is 1. The predicted octanol–water partition coefficient (Wildman–Crippen LogP) is 0.347. The summed E-state index contributed by atoms with van der Waals surface area (Å²) in [7, 11) is -4.15. The summed E-state index contributed by atoms with van der Waals surface area (Å²) < 4.78 is 31.2. The maximum atomic E-state index is 12.1. The first-order valence-corrected chi connectivity index (χ1v) is 7.11. The molecule has 1 aromatic heterocycles. The second kappa shape index (κ2) is 5.46. The zero-order chi connectivity index (χ0) is 15.6. The Morgan fingerprint density at radius 3 is 2.76 bits per heavy atom. The Hall–Kier alpha value is -2.53. The van der Waals surface area contributed by atoms with Gasteiger partial charge < -0.3 is 10.3 Å². The van der Waals surface area contributed by atoms with Gasteiger partial charge in [-0.1, -0.05) is 11.2 Å². The summed E-state index contributed by atoms with van der Waals surface area (Å²) in [6.07, 6.45) is 0. The molecule has 3 N–H and O–H groups in total. The van der Waals surface area contributed by atoms with Crippen molar-refractivity contribution in [2.45, 2.75) is 18.4 Å². The lowest BCUT2D eigenvalue weighted by Crippen LogP contribution is -2.24. The molecular weight excluding hydrogens is 302 g/mol. The topological polar surface area (TPSA) is 154 Å². The van der Waals surface area contributed by atoms with Crippen LogP contribution in [0.15, 0.2) is 27.6 Å². The van der Waals surface area contributed by atoms with Crippen molar-refractivity contribution in [3.05, 3.63) is 40.0 Å². The fourth-order valence-corrected chi connectivity index (χ4v) is 2.77. The lowest BCUT2D eigenvalue weighted by atomic mass is 10.3. The Labute approximate surface area is 119 Å². The lowest BCUT2D eigenvalue weighted by molar-refractivity contribution is -0.386. The molecule has 21 heavy (non-hydrogen) atoms. The van der Waals surface area contributed by atoms with Gasteiger partial charge in [0.05, 0.1) is 11.5 Å². The first-order chi connectivity index (χ1) is 9.81. The minimum Gasteiger partial charge on any atom is -0.393 e. The molecule has 0 fully saturated rings. The Morgan fingerprint density at radius 2 is 2.19 bits per heavy atom. The predicted molar refractivity (Wildman–Crippen MR) is 70.6 cm³/mol. The highest BCUT2D eigenvalue weighted by Crippen LogP contribution is 2.29. The summed E-state index contributed by atoms with van der Waals surface area (Å²) in [4.78, 5) is 13.4. The van der Waals surface area contributed by atoms with Crippen LogP contribution in [0.25, 0.3) is 0 Å². The number of hydrogen-bond acceptors (Lipinski definition) is 8. The summed E-state index contributed by atoms with van der Waals surface area (Å²) in [6, 6.07) is 3.65. The van der Waals surface area contributed by atoms with Crippen LogP contribution in [0.5, 0.6) is 0 Å². The Bertz CT molecular complexity index is 785. The number of aromatic nitrogens is 2. The van der Waals surface area contributed by atoms with Gasteiger partial charge in [-0.05, 0) is 19.1 Å². The van der Waals surface area contributed by atoms with Crippen LogP contribution in [0.1, 0.15) is 11.7 Å². The first kappa shape index (κ1) is 14.9. The van der Waals surface area contributed by atoms with E-state index >= 15 is 0 Å². The van der Waals surface area contributed by atoms with Gasteiger partial charge in [-0.25, -0.2) is 13.1 Å². The third-order valence-corrected chi connectivity index (χ3v) is 3.92. The smallest absolute Gasteiger partial charge is 0.312 e. The Balaban J connectivity index is 2.32. The largest absolute Gasteiger partial charge is 0.393 e. The molecular formula is C10H11N5O5S. The number of sulfonamides is 1. The summed E-state index contributed by atoms with van der Waals surface area (Å²) >= 11 is 0. The van der Waals surface area contributed by atoms with Crippen molar-refractivity contribution in [2.75, 3.05) is 5.73 Å². The normalized spacial score (nSPS) is 11.5. The summed E-state index contributed by atoms with van der Waals surface area (Å²) in [5.41, 5.74) is 4.54. The summed E-state index contributed by atoms with van der Waals surface area (Å²) in [5.74, 6) is 0.391. The van der Waals surface area contributed by atoms with Crippen molar-refractivity contribution in [3.63, 3.8) is 0 Å². The van der Waals surface area contributed by atoms with E-state index in [-0.39, 0.29) is 18.1 Å². The lowest BCUT2D eigenvalue weighted by Gasteiger charge is -2.06. The second-order valence-electron chi connectivity index (χ2n) is 4.01. The van der Waals surface area contributed by atoms with Crippen molar-refractivity contribution in [1.82, 2.24) is 14.9 Å². The number of aryl methyl sites for hydroxylation is 1. The van der Waals surface area contributed by atoms with Crippen LogP contribution < -0.4 is 10.5 Å². The number of rotatable bonds is 5. The molecule has 0 aliphatic rings. The highest BCUT2D eigenvalue weighted by molar-refractivity contribution is 7.89. The number of nitrogens with two attached hydrogens (primary N) is 1. The standard InChI is InChI=1S/C10H11N5O5S/c1-6-13-9(20-14-6)5-12-21(18,19)8-4-2-3-7(11)10(8)15(16)17/h2-4,12H,5,11H2,1H3. The van der Waals surface area contributed by atoms with Crippen molar-refractivity contribution < 1.29 is 17.9 Å². The highest BCUT2D eigenvalue weighted by Gasteiger charge is 2.28. The van der Waals surface area contributed by atoms with Gasteiger partial charge in [-0.2, -0.15) is 4.98 Å². The van der Waals surface area contributed by atoms with Gasteiger partial charge in [0.2, 0.25) is 15.9 Å². The number of hydrogen-bond donors (Lipinski definition) is 2. The van der Waals surface area contributed by atoms with Crippen LogP contribution in [0.4, 0.5) is 11.4 Å². The Morgan fingerprint density at radius 1 is 1.48 bits per heavy atom. The van der Waals surface area contributed by atoms with E-state index in [0.29, 0.717) is 5.82 Å². The van der Waals surface area contributed by atoms with Gasteiger partial charge in [-0.3, -0.25) is 10.1 Å². The fourth-order valence-electron chi connectivity index (χ4n) is 1.60. The zero-order valence-corrected chi connectivity index (χ0v) is 11.6. The fraction of sp³-hybridized carbons (Fsp3) is 0.200. The molecule has 2 aromatic rings. The molecule has 0 radical (unpaired) electrons. The van der Waals surface area contributed by atoms with Gasteiger partial charge in [0.15, 0.2) is 10.7 Å². The quantitative estimate of drug-likeness (QED) is 0.455. The number of para-hydroxylation sites is 1. The van der Waals surface area contributed by atoms with E-state index in [9.17, 15) is 18.5 Å². The van der Waals surface area contributed by atoms with E-state index < -0.39 is 25.5 Å². The molecule has 0 atom stereocenters. The third-order valence-electron chi connectivity index (χ3n) is 2.49. The SMILES string of the molecule is Cc1noc(CNS(=O)(=O)c2cccc(N)c2[N+](=O)[O-])n1. The molecule has 0 unspecified atom stereocenters. The van der Waals surface area contributed by atoms with Gasteiger partial charge in [-0.15, -0.1) is 0 Å². The molecule has 0 saturated carbocycles. The maximum Gasteiger partial charge on any atom is 0.312 e. The molecule has 0 saturated heterocycles. The van der Waals surface area contributed by atoms with Gasteiger partial charge in [0.25, 0.3) is 0 Å². The van der Waals surface area contributed by atoms with E-state index in [1.54, 1.807) is 6.92 Å². The number of nitrogens with zero attached hydrogens (tertiary/aromatic N) is 3. The van der Waals surface area contributed by atoms with Crippen LogP contribution in [0, 0.1) is 17.0 Å². The molecule has 0 aliphatic heterocycles. The van der Waals surface area contributed by atoms with Crippen molar-refractivity contribution in [1.29, 1.82) is 0 Å². The first-order valence-electron chi connectivity index (χ1n) is 5.63. The van der Waals surface area contributed by atoms with Gasteiger partial charge in [0.1, 0.15) is 5.69 Å². The van der Waals surface area contributed by atoms with Crippen molar-refractivity contribution >= 4 is 21.4 Å². The molecule has 0 aliphatic carbocycles. The second-order valence-corrected chi connectivity index (χ2v) is 5.75. The third kappa shape index (κ3) is 3.14. The van der Waals surface area contributed by atoms with Gasteiger partial charge in [0, 0.05) is 0 Å². The minimum atomic E-state index is -4.15. The van der Waals surface area contributed by atoms with E-state index in [0.717, 1.165) is 6.07 Å². The van der Waals surface area contributed by atoms with Crippen LogP contribution in [0.3, 0.4) is 0 Å². The molecule has 1 aromatic carbocycles. The van der Waals surface area contributed by atoms with Crippen LogP contribution in [0.2, 0.25) is 0 Å². The zero-order valence-electron chi connectivity index (χ0n) is 10.8. The average Bonchev–Trinajstić information content (AvgIpc) is 2.82. The number of anilines is 1. The Kier molecular flexibility index (Phi) is 3.86. The van der Waals surface area contributed by atoms with Crippen molar-refractivity contribution in [3.8, 4) is 0 Å². The van der Waals surface area contributed by atoms with E-state index in [1.807, 2.05) is 0 Å². The molecule has 0 amide bonds. The molecule has 11 heteroatoms. The summed E-state index contributed by atoms with van der Waals surface area (Å²) in [6.45, 7) is 1.29. The van der Waals surface area contributed by atoms with E-state index in [1.165, 1.54) is 12.1 Å². The van der Waals surface area contributed by atoms with Crippen LogP contribution >= 0.6 is 0 Å². The van der Waals surface area contributed by atoms with Crippen molar-refractivity contribution in [2.24, 2.45) is 0 Å². The average molecular weight is 313 g/mol. The maximum absolute atomic E-state index is 12.1. The van der Waals surface area contributed by atoms with Gasteiger partial charge >= 0.3 is 5.69 Å². The molecule has 10 nitrogen and oxygen atoms in total. The number of nitro groups is 1. The minimum absolute atomic E-state index is 0.0441. The summed E-state index contributed by atoms with van der Waals surface area (Å²) in [5, 5.41) is 14.5. The van der Waals surface area contributed by atoms with E-state index in [4.69, 9.17) is 10.3 Å². The number of benzene rings is 1. The van der Waals surface area contributed by atoms with E-state index in [2.05, 4.69) is 14.9 Å². The van der Waals surface area contributed by atoms with Crippen LogP contribution in [-0.4, -0.2) is 23.5 Å². The number of nitrogen functional groups attached to an aromatic ring is 1. The monoisotopic (exact) mass is 313 g/mol. The number of nitrogens with one attached hydrogen (secondary N) is 1. The molecule has 1 heterocycles. The molecule has 0 spiro atoms. The molecule has 112 valence electrons. The van der Waals surface area contributed by atoms with Crippen LogP contribution in [-0.2, 0) is 16.6 Å².